The molecule has 488 valence electrons. The van der Waals surface area contributed by atoms with E-state index in [2.05, 4.69) is 57.2 Å². The molecule has 0 aliphatic heterocycles. The van der Waals surface area contributed by atoms with Gasteiger partial charge in [-0.15, -0.1) is 0 Å². The van der Waals surface area contributed by atoms with Crippen molar-refractivity contribution >= 4 is 17.9 Å². The van der Waals surface area contributed by atoms with Crippen molar-refractivity contribution in [2.45, 2.75) is 425 Å². The smallest absolute Gasteiger partial charge is 0.306 e. The molecule has 6 heteroatoms. The molecule has 0 saturated carbocycles. The van der Waals surface area contributed by atoms with Crippen LogP contribution in [0.2, 0.25) is 0 Å². The monoisotopic (exact) mass is 1170 g/mol. The number of rotatable bonds is 70. The second-order valence-corrected chi connectivity index (χ2v) is 25.6. The molecule has 0 saturated heterocycles. The third-order valence-corrected chi connectivity index (χ3v) is 17.1. The molecule has 6 nitrogen and oxygen atoms in total. The second-order valence-electron chi connectivity index (χ2n) is 25.6. The van der Waals surface area contributed by atoms with Crippen LogP contribution in [0.4, 0.5) is 0 Å². The predicted octanol–water partition coefficient (Wildman–Crippen LogP) is 25.9. The minimum atomic E-state index is -0.774. The molecule has 0 N–H and O–H groups in total. The first-order valence-corrected chi connectivity index (χ1v) is 37.5. The maximum Gasteiger partial charge on any atom is 0.306 e. The quantitative estimate of drug-likeness (QED) is 0.0261. The highest BCUT2D eigenvalue weighted by Crippen LogP contribution is 2.19. The number of hydrogen-bond donors (Lipinski definition) is 0. The highest BCUT2D eigenvalue weighted by Gasteiger charge is 2.20. The number of carbonyl (C=O) groups excluding carboxylic acids is 3. The minimum Gasteiger partial charge on any atom is -0.462 e. The van der Waals surface area contributed by atoms with Crippen molar-refractivity contribution < 1.29 is 28.6 Å². The molecule has 1 atom stereocenters. The van der Waals surface area contributed by atoms with E-state index in [0.717, 1.165) is 70.6 Å². The molecule has 0 aliphatic rings. The van der Waals surface area contributed by atoms with E-state index in [4.69, 9.17) is 14.2 Å². The molecule has 0 aromatic heterocycles. The van der Waals surface area contributed by atoms with E-state index >= 15 is 0 Å². The van der Waals surface area contributed by atoms with Crippen LogP contribution in [0.25, 0.3) is 0 Å². The minimum absolute atomic E-state index is 0.0691. The lowest BCUT2D eigenvalue weighted by atomic mass is 10.0. The first kappa shape index (κ1) is 80.6. The first-order valence-electron chi connectivity index (χ1n) is 37.5. The molecule has 0 spiro atoms. The van der Waals surface area contributed by atoms with Gasteiger partial charge in [-0.1, -0.05) is 359 Å². The summed E-state index contributed by atoms with van der Waals surface area (Å²) in [6.07, 6.45) is 90.4. The molecular formula is C77H144O6. The second kappa shape index (κ2) is 72.1. The number of carbonyl (C=O) groups is 3. The summed E-state index contributed by atoms with van der Waals surface area (Å²) in [5, 5.41) is 0. The molecule has 0 rings (SSSR count). The van der Waals surface area contributed by atoms with Gasteiger partial charge in [-0.05, 0) is 77.0 Å². The SMILES string of the molecule is CCCCCCC/C=C\C/C=C\CCCCCCCCCCCCCCCCCC(=O)OCC(COC(=O)CCCCCCC/C=C\CCCCCCCC)OC(=O)CCCCCCCCCCCCCCCCCCCCCCCCC. The van der Waals surface area contributed by atoms with E-state index in [1.807, 2.05) is 0 Å². The van der Waals surface area contributed by atoms with Crippen molar-refractivity contribution in [1.29, 1.82) is 0 Å². The summed E-state index contributed by atoms with van der Waals surface area (Å²) in [5.41, 5.74) is 0. The Balaban J connectivity index is 4.24. The number of esters is 3. The zero-order valence-electron chi connectivity index (χ0n) is 56.2. The van der Waals surface area contributed by atoms with Gasteiger partial charge in [-0.3, -0.25) is 14.4 Å². The van der Waals surface area contributed by atoms with Crippen LogP contribution >= 0.6 is 0 Å². The van der Waals surface area contributed by atoms with Gasteiger partial charge < -0.3 is 14.2 Å². The number of unbranched alkanes of at least 4 members (excludes halogenated alkanes) is 53. The Bertz CT molecular complexity index is 1380. The molecule has 0 aliphatic carbocycles. The van der Waals surface area contributed by atoms with Crippen LogP contribution < -0.4 is 0 Å². The van der Waals surface area contributed by atoms with Crippen LogP contribution in [-0.2, 0) is 28.6 Å². The lowest BCUT2D eigenvalue weighted by Gasteiger charge is -2.18. The molecule has 0 aromatic rings. The van der Waals surface area contributed by atoms with Crippen molar-refractivity contribution in [3.05, 3.63) is 36.5 Å². The van der Waals surface area contributed by atoms with Gasteiger partial charge in [-0.2, -0.15) is 0 Å². The zero-order chi connectivity index (χ0) is 59.9. The summed E-state index contributed by atoms with van der Waals surface area (Å²) in [6, 6.07) is 0. The van der Waals surface area contributed by atoms with Gasteiger partial charge in [0.25, 0.3) is 0 Å². The van der Waals surface area contributed by atoms with Gasteiger partial charge in [0.05, 0.1) is 0 Å². The highest BCUT2D eigenvalue weighted by atomic mass is 16.6. The molecule has 0 fully saturated rings. The van der Waals surface area contributed by atoms with Gasteiger partial charge in [0.2, 0.25) is 0 Å². The Labute approximate surface area is 518 Å². The summed E-state index contributed by atoms with van der Waals surface area (Å²) in [4.78, 5) is 38.5. The highest BCUT2D eigenvalue weighted by molar-refractivity contribution is 5.71. The van der Waals surface area contributed by atoms with Crippen molar-refractivity contribution in [2.24, 2.45) is 0 Å². The van der Waals surface area contributed by atoms with Crippen LogP contribution in [0, 0.1) is 0 Å². The first-order chi connectivity index (χ1) is 41.0. The molecular weight excluding hydrogens is 1020 g/mol. The van der Waals surface area contributed by atoms with Crippen molar-refractivity contribution in [3.63, 3.8) is 0 Å². The predicted molar refractivity (Wildman–Crippen MR) is 362 cm³/mol. The third kappa shape index (κ3) is 70.3. The van der Waals surface area contributed by atoms with E-state index in [1.165, 1.54) is 308 Å². The van der Waals surface area contributed by atoms with Gasteiger partial charge >= 0.3 is 17.9 Å². The van der Waals surface area contributed by atoms with Gasteiger partial charge in [-0.25, -0.2) is 0 Å². The van der Waals surface area contributed by atoms with Crippen molar-refractivity contribution in [2.75, 3.05) is 13.2 Å². The van der Waals surface area contributed by atoms with Gasteiger partial charge in [0.1, 0.15) is 13.2 Å². The van der Waals surface area contributed by atoms with Crippen LogP contribution in [0.15, 0.2) is 36.5 Å². The fourth-order valence-electron chi connectivity index (χ4n) is 11.5. The average Bonchev–Trinajstić information content (AvgIpc) is 3.49. The van der Waals surface area contributed by atoms with E-state index in [9.17, 15) is 14.4 Å². The summed E-state index contributed by atoms with van der Waals surface area (Å²) in [6.45, 7) is 6.70. The lowest BCUT2D eigenvalue weighted by molar-refractivity contribution is -0.167. The molecule has 83 heavy (non-hydrogen) atoms. The topological polar surface area (TPSA) is 78.9 Å². The molecule has 0 aromatic carbocycles. The fraction of sp³-hybridized carbons (Fsp3) is 0.883. The number of ether oxygens (including phenoxy) is 3. The van der Waals surface area contributed by atoms with E-state index < -0.39 is 6.10 Å². The van der Waals surface area contributed by atoms with Crippen molar-refractivity contribution in [1.82, 2.24) is 0 Å². The van der Waals surface area contributed by atoms with Gasteiger partial charge in [0, 0.05) is 19.3 Å². The van der Waals surface area contributed by atoms with Crippen molar-refractivity contribution in [3.8, 4) is 0 Å². The number of hydrogen-bond acceptors (Lipinski definition) is 6. The Morgan fingerprint density at radius 2 is 0.434 bits per heavy atom. The van der Waals surface area contributed by atoms with Crippen LogP contribution in [0.1, 0.15) is 419 Å². The molecule has 0 heterocycles. The standard InChI is InChI=1S/C77H144O6/c1-4-7-10-13-16-19-22-25-28-30-32-34-36-37-38-39-41-42-44-46-49-52-55-58-61-64-67-70-76(79)82-73-74(72-81-75(78)69-66-63-60-57-54-51-48-27-24-21-18-15-12-9-6-3)83-77(80)71-68-65-62-59-56-53-50-47-45-43-40-35-33-31-29-26-23-20-17-14-11-8-5-2/h22,25,27,30,32,48,74H,4-21,23-24,26,28-29,31,33-47,49-73H2,1-3H3/b25-22-,32-30-,48-27-. The molecule has 0 bridgehead atoms. The fourth-order valence-corrected chi connectivity index (χ4v) is 11.5. The maximum atomic E-state index is 13.0. The Hall–Kier alpha value is -2.37. The third-order valence-electron chi connectivity index (χ3n) is 17.1. The molecule has 0 amide bonds. The largest absolute Gasteiger partial charge is 0.462 e. The van der Waals surface area contributed by atoms with E-state index in [-0.39, 0.29) is 31.1 Å². The summed E-state index contributed by atoms with van der Waals surface area (Å²) < 4.78 is 17.0. The van der Waals surface area contributed by atoms with Crippen LogP contribution in [0.5, 0.6) is 0 Å². The van der Waals surface area contributed by atoms with Gasteiger partial charge in [0.15, 0.2) is 6.10 Å². The Morgan fingerprint density at radius 3 is 0.675 bits per heavy atom. The van der Waals surface area contributed by atoms with Crippen LogP contribution in [-0.4, -0.2) is 37.2 Å². The Kier molecular flexibility index (Phi) is 70.0. The molecule has 1 unspecified atom stereocenters. The summed E-state index contributed by atoms with van der Waals surface area (Å²) >= 11 is 0. The maximum absolute atomic E-state index is 13.0. The summed E-state index contributed by atoms with van der Waals surface area (Å²) in [5.74, 6) is -0.845. The van der Waals surface area contributed by atoms with E-state index in [1.54, 1.807) is 0 Å². The Morgan fingerprint density at radius 1 is 0.241 bits per heavy atom. The van der Waals surface area contributed by atoms with Crippen LogP contribution in [0.3, 0.4) is 0 Å². The van der Waals surface area contributed by atoms with E-state index in [0.29, 0.717) is 19.3 Å². The number of allylic oxidation sites excluding steroid dienone is 6. The zero-order valence-corrected chi connectivity index (χ0v) is 56.2. The normalized spacial score (nSPS) is 12.2. The lowest BCUT2D eigenvalue weighted by Crippen LogP contribution is -2.30. The molecule has 0 radical (unpaired) electrons. The summed E-state index contributed by atoms with van der Waals surface area (Å²) in [7, 11) is 0. The average molecular weight is 1170 g/mol.